The zero-order chi connectivity index (χ0) is 14.3. The van der Waals surface area contributed by atoms with Crippen LogP contribution in [-0.4, -0.2) is 52.3 Å². The highest BCUT2D eigenvalue weighted by molar-refractivity contribution is 5.87. The van der Waals surface area contributed by atoms with Crippen LogP contribution in [0.3, 0.4) is 0 Å². The predicted octanol–water partition coefficient (Wildman–Crippen LogP) is 0.304. The van der Waals surface area contributed by atoms with Crippen LogP contribution in [0.1, 0.15) is 22.5 Å². The molecular formula is C12H17N3O4. The average molecular weight is 267 g/mol. The molecule has 7 heteroatoms. The number of amides is 2. The number of aliphatic hydroxyl groups is 1. The summed E-state index contributed by atoms with van der Waals surface area (Å²) in [4.78, 5) is 27.8. The van der Waals surface area contributed by atoms with Crippen molar-refractivity contribution in [2.24, 2.45) is 0 Å². The van der Waals surface area contributed by atoms with Crippen LogP contribution in [0.4, 0.5) is 4.79 Å². The van der Waals surface area contributed by atoms with E-state index in [1.165, 1.54) is 23.2 Å². The first-order valence-electron chi connectivity index (χ1n) is 5.82. The maximum Gasteiger partial charge on any atom is 0.335 e. The van der Waals surface area contributed by atoms with Crippen molar-refractivity contribution in [2.75, 3.05) is 20.2 Å². The number of urea groups is 1. The molecule has 0 aliphatic heterocycles. The fraction of sp³-hybridized carbons (Fsp3) is 0.417. The maximum atomic E-state index is 11.6. The number of hydrogen-bond donors (Lipinski definition) is 3. The van der Waals surface area contributed by atoms with Crippen molar-refractivity contribution >= 4 is 12.0 Å². The van der Waals surface area contributed by atoms with Crippen molar-refractivity contribution < 1.29 is 19.8 Å². The zero-order valence-electron chi connectivity index (χ0n) is 10.7. The van der Waals surface area contributed by atoms with E-state index in [4.69, 9.17) is 10.2 Å². The first-order chi connectivity index (χ1) is 9.04. The van der Waals surface area contributed by atoms with Gasteiger partial charge in [0.2, 0.25) is 0 Å². The number of aromatic nitrogens is 1. The molecule has 0 aromatic carbocycles. The summed E-state index contributed by atoms with van der Waals surface area (Å²) in [7, 11) is 1.62. The Morgan fingerprint density at radius 2 is 2.21 bits per heavy atom. The smallest absolute Gasteiger partial charge is 0.335 e. The second kappa shape index (κ2) is 7.32. The number of aromatic carboxylic acids is 1. The van der Waals surface area contributed by atoms with Gasteiger partial charge in [0, 0.05) is 26.4 Å². The minimum atomic E-state index is -1.03. The normalized spacial score (nSPS) is 10.0. The van der Waals surface area contributed by atoms with E-state index in [2.05, 4.69) is 10.3 Å². The summed E-state index contributed by atoms with van der Waals surface area (Å²) in [6, 6.07) is 2.51. The fourth-order valence-electron chi connectivity index (χ4n) is 1.42. The molecule has 0 atom stereocenters. The third-order valence-corrected chi connectivity index (χ3v) is 2.48. The van der Waals surface area contributed by atoms with Crippen molar-refractivity contribution in [3.63, 3.8) is 0 Å². The van der Waals surface area contributed by atoms with E-state index in [9.17, 15) is 9.59 Å². The van der Waals surface area contributed by atoms with Crippen LogP contribution in [0.5, 0.6) is 0 Å². The molecule has 0 spiro atoms. The summed E-state index contributed by atoms with van der Waals surface area (Å²) in [6.07, 6.45) is 1.90. The van der Waals surface area contributed by atoms with Crippen molar-refractivity contribution in [3.05, 3.63) is 29.6 Å². The Hall–Kier alpha value is -2.15. The Morgan fingerprint density at radius 1 is 1.47 bits per heavy atom. The summed E-state index contributed by atoms with van der Waals surface area (Å²) in [5, 5.41) is 20.1. The summed E-state index contributed by atoms with van der Waals surface area (Å²) in [5.41, 5.74) is 0.608. The number of hydrogen-bond acceptors (Lipinski definition) is 4. The van der Waals surface area contributed by atoms with Gasteiger partial charge in [-0.25, -0.2) is 9.59 Å². The quantitative estimate of drug-likeness (QED) is 0.688. The number of nitrogens with one attached hydrogen (secondary N) is 1. The van der Waals surface area contributed by atoms with Gasteiger partial charge in [-0.2, -0.15) is 0 Å². The minimum absolute atomic E-state index is 0.0276. The average Bonchev–Trinajstić information content (AvgIpc) is 2.42. The number of aliphatic hydroxyl groups excluding tert-OH is 1. The van der Waals surface area contributed by atoms with E-state index in [0.29, 0.717) is 18.7 Å². The third-order valence-electron chi connectivity index (χ3n) is 2.48. The second-order valence-electron chi connectivity index (χ2n) is 4.00. The Labute approximate surface area is 110 Å². The van der Waals surface area contributed by atoms with Gasteiger partial charge in [-0.15, -0.1) is 0 Å². The first-order valence-corrected chi connectivity index (χ1v) is 5.82. The maximum absolute atomic E-state index is 11.6. The standard InChI is InChI=1S/C12H17N3O4/c1-15(5-2-6-16)12(19)14-8-10-7-9(11(17)18)3-4-13-10/h3-4,7,16H,2,5-6,8H2,1H3,(H,14,19)(H,17,18). The van der Waals surface area contributed by atoms with Gasteiger partial charge in [-0.3, -0.25) is 4.98 Å². The molecule has 0 bridgehead atoms. The van der Waals surface area contributed by atoms with E-state index in [1.807, 2.05) is 0 Å². The summed E-state index contributed by atoms with van der Waals surface area (Å²) in [5.74, 6) is -1.03. The molecule has 1 aromatic rings. The Kier molecular flexibility index (Phi) is 5.74. The third kappa shape index (κ3) is 4.92. The van der Waals surface area contributed by atoms with Gasteiger partial charge >= 0.3 is 12.0 Å². The van der Waals surface area contributed by atoms with E-state index in [1.54, 1.807) is 7.05 Å². The molecule has 1 rings (SSSR count). The molecule has 7 nitrogen and oxygen atoms in total. The zero-order valence-corrected chi connectivity index (χ0v) is 10.7. The van der Waals surface area contributed by atoms with Gasteiger partial charge < -0.3 is 20.4 Å². The van der Waals surface area contributed by atoms with Crippen LogP contribution in [0.25, 0.3) is 0 Å². The van der Waals surface area contributed by atoms with Crippen molar-refractivity contribution in [2.45, 2.75) is 13.0 Å². The topological polar surface area (TPSA) is 103 Å². The number of carboxylic acids is 1. The molecule has 0 unspecified atom stereocenters. The SMILES string of the molecule is CN(CCCO)C(=O)NCc1cc(C(=O)O)ccn1. The van der Waals surface area contributed by atoms with Gasteiger partial charge in [0.25, 0.3) is 0 Å². The lowest BCUT2D eigenvalue weighted by Crippen LogP contribution is -2.37. The van der Waals surface area contributed by atoms with E-state index in [-0.39, 0.29) is 24.7 Å². The van der Waals surface area contributed by atoms with Crippen molar-refractivity contribution in [1.29, 1.82) is 0 Å². The number of pyridine rings is 1. The molecule has 0 fully saturated rings. The largest absolute Gasteiger partial charge is 0.478 e. The van der Waals surface area contributed by atoms with Crippen LogP contribution in [0, 0.1) is 0 Å². The Morgan fingerprint density at radius 3 is 2.84 bits per heavy atom. The monoisotopic (exact) mass is 267 g/mol. The number of carboxylic acid groups (broad SMARTS) is 1. The summed E-state index contributed by atoms with van der Waals surface area (Å²) >= 11 is 0. The van der Waals surface area contributed by atoms with Crippen molar-refractivity contribution in [1.82, 2.24) is 15.2 Å². The van der Waals surface area contributed by atoms with Gasteiger partial charge in [-0.1, -0.05) is 0 Å². The molecule has 3 N–H and O–H groups in total. The van der Waals surface area contributed by atoms with Crippen LogP contribution in [-0.2, 0) is 6.54 Å². The molecule has 0 aliphatic rings. The van der Waals surface area contributed by atoms with Gasteiger partial charge in [-0.05, 0) is 18.6 Å². The van der Waals surface area contributed by atoms with Gasteiger partial charge in [0.1, 0.15) is 0 Å². The highest BCUT2D eigenvalue weighted by atomic mass is 16.4. The Bertz CT molecular complexity index is 450. The number of carbonyl (C=O) groups is 2. The summed E-state index contributed by atoms with van der Waals surface area (Å²) in [6.45, 7) is 0.633. The lowest BCUT2D eigenvalue weighted by Gasteiger charge is -2.17. The second-order valence-corrected chi connectivity index (χ2v) is 4.00. The molecule has 104 valence electrons. The number of rotatable bonds is 6. The molecule has 0 saturated heterocycles. The highest BCUT2D eigenvalue weighted by Crippen LogP contribution is 2.02. The minimum Gasteiger partial charge on any atom is -0.478 e. The molecule has 0 saturated carbocycles. The molecular weight excluding hydrogens is 250 g/mol. The summed E-state index contributed by atoms with van der Waals surface area (Å²) < 4.78 is 0. The van der Waals surface area contributed by atoms with E-state index >= 15 is 0 Å². The lowest BCUT2D eigenvalue weighted by molar-refractivity contribution is 0.0696. The molecule has 0 radical (unpaired) electrons. The molecule has 19 heavy (non-hydrogen) atoms. The predicted molar refractivity (Wildman–Crippen MR) is 67.8 cm³/mol. The molecule has 1 aromatic heterocycles. The van der Waals surface area contributed by atoms with Gasteiger partial charge in [0.05, 0.1) is 17.8 Å². The number of carbonyl (C=O) groups excluding carboxylic acids is 1. The highest BCUT2D eigenvalue weighted by Gasteiger charge is 2.09. The van der Waals surface area contributed by atoms with E-state index < -0.39 is 5.97 Å². The number of nitrogens with zero attached hydrogens (tertiary/aromatic N) is 2. The Balaban J connectivity index is 2.50. The van der Waals surface area contributed by atoms with Crippen LogP contribution in [0.2, 0.25) is 0 Å². The first kappa shape index (κ1) is 14.9. The van der Waals surface area contributed by atoms with Crippen molar-refractivity contribution in [3.8, 4) is 0 Å². The lowest BCUT2D eigenvalue weighted by atomic mass is 10.2. The molecule has 0 aliphatic carbocycles. The van der Waals surface area contributed by atoms with Gasteiger partial charge in [0.15, 0.2) is 0 Å². The van der Waals surface area contributed by atoms with Crippen LogP contribution >= 0.6 is 0 Å². The van der Waals surface area contributed by atoms with Crippen LogP contribution < -0.4 is 5.32 Å². The van der Waals surface area contributed by atoms with E-state index in [0.717, 1.165) is 0 Å². The van der Waals surface area contributed by atoms with Crippen LogP contribution in [0.15, 0.2) is 18.3 Å². The molecule has 1 heterocycles. The molecule has 2 amide bonds. The fourth-order valence-corrected chi connectivity index (χ4v) is 1.42.